The zero-order valence-corrected chi connectivity index (χ0v) is 15.7. The van der Waals surface area contributed by atoms with Crippen LogP contribution < -0.4 is 10.2 Å². The van der Waals surface area contributed by atoms with Gasteiger partial charge in [0.15, 0.2) is 11.4 Å². The molecule has 6 nitrogen and oxygen atoms in total. The summed E-state index contributed by atoms with van der Waals surface area (Å²) in [6.45, 7) is 6.07. The van der Waals surface area contributed by atoms with E-state index < -0.39 is 0 Å². The number of rotatable bonds is 5. The van der Waals surface area contributed by atoms with Gasteiger partial charge in [-0.3, -0.25) is 4.90 Å². The standard InChI is InChI=1S/C22H23N5O/c1-2-6-17(7-3-1)27-14-12-26(13-15-27)11-10-23-22-21-20(24-16-25-22)18-8-4-5-9-19(18)28-21/h1-9,16H,10-15H2,(H,23,24,25). The van der Waals surface area contributed by atoms with Gasteiger partial charge in [-0.2, -0.15) is 0 Å². The first-order valence-corrected chi connectivity index (χ1v) is 9.77. The Morgan fingerprint density at radius 2 is 1.68 bits per heavy atom. The predicted molar refractivity (Wildman–Crippen MR) is 113 cm³/mol. The van der Waals surface area contributed by atoms with Crippen LogP contribution in [0, 0.1) is 0 Å². The first-order chi connectivity index (χ1) is 13.9. The fourth-order valence-corrected chi connectivity index (χ4v) is 3.85. The van der Waals surface area contributed by atoms with Crippen LogP contribution in [0.15, 0.2) is 65.3 Å². The lowest BCUT2D eigenvalue weighted by atomic mass is 10.2. The van der Waals surface area contributed by atoms with Crippen molar-refractivity contribution in [3.63, 3.8) is 0 Å². The second kappa shape index (κ2) is 7.48. The first-order valence-electron chi connectivity index (χ1n) is 9.77. The number of anilines is 2. The highest BCUT2D eigenvalue weighted by molar-refractivity contribution is 6.05. The molecule has 1 N–H and O–H groups in total. The molecule has 0 radical (unpaired) electrons. The Morgan fingerprint density at radius 3 is 2.54 bits per heavy atom. The summed E-state index contributed by atoms with van der Waals surface area (Å²) in [4.78, 5) is 13.7. The summed E-state index contributed by atoms with van der Waals surface area (Å²) in [6, 6.07) is 18.6. The number of nitrogens with one attached hydrogen (secondary N) is 1. The van der Waals surface area contributed by atoms with E-state index in [2.05, 4.69) is 55.4 Å². The van der Waals surface area contributed by atoms with E-state index in [4.69, 9.17) is 4.42 Å². The summed E-state index contributed by atoms with van der Waals surface area (Å²) in [5, 5.41) is 4.47. The smallest absolute Gasteiger partial charge is 0.196 e. The van der Waals surface area contributed by atoms with Gasteiger partial charge in [-0.05, 0) is 24.3 Å². The van der Waals surface area contributed by atoms with Crippen LogP contribution in [0.25, 0.3) is 22.1 Å². The van der Waals surface area contributed by atoms with Gasteiger partial charge in [0.05, 0.1) is 0 Å². The summed E-state index contributed by atoms with van der Waals surface area (Å²) in [5.41, 5.74) is 3.76. The lowest BCUT2D eigenvalue weighted by Gasteiger charge is -2.36. The fraction of sp³-hybridized carbons (Fsp3) is 0.273. The number of hydrogen-bond acceptors (Lipinski definition) is 6. The second-order valence-electron chi connectivity index (χ2n) is 7.09. The lowest BCUT2D eigenvalue weighted by Crippen LogP contribution is -2.47. The van der Waals surface area contributed by atoms with Crippen LogP contribution in [0.5, 0.6) is 0 Å². The Morgan fingerprint density at radius 1 is 0.893 bits per heavy atom. The van der Waals surface area contributed by atoms with Crippen molar-refractivity contribution < 1.29 is 4.42 Å². The summed E-state index contributed by atoms with van der Waals surface area (Å²) >= 11 is 0. The summed E-state index contributed by atoms with van der Waals surface area (Å²) in [5.74, 6) is 0.768. The third-order valence-corrected chi connectivity index (χ3v) is 5.37. The fourth-order valence-electron chi connectivity index (χ4n) is 3.85. The van der Waals surface area contributed by atoms with Crippen molar-refractivity contribution >= 4 is 33.6 Å². The van der Waals surface area contributed by atoms with Gasteiger partial charge in [-0.15, -0.1) is 0 Å². The minimum atomic E-state index is 0.734. The van der Waals surface area contributed by atoms with Crippen LogP contribution >= 0.6 is 0 Å². The minimum Gasteiger partial charge on any atom is -0.450 e. The van der Waals surface area contributed by atoms with E-state index in [1.807, 2.05) is 24.3 Å². The van der Waals surface area contributed by atoms with Gasteiger partial charge in [0.1, 0.15) is 17.4 Å². The average Bonchev–Trinajstić information content (AvgIpc) is 3.15. The average molecular weight is 373 g/mol. The number of para-hydroxylation sites is 2. The summed E-state index contributed by atoms with van der Waals surface area (Å²) in [6.07, 6.45) is 1.60. The van der Waals surface area contributed by atoms with Crippen LogP contribution in [0.3, 0.4) is 0 Å². The highest BCUT2D eigenvalue weighted by atomic mass is 16.3. The van der Waals surface area contributed by atoms with E-state index in [1.54, 1.807) is 6.33 Å². The molecule has 0 aliphatic carbocycles. The number of furan rings is 1. The molecule has 1 saturated heterocycles. The molecule has 4 aromatic rings. The third-order valence-electron chi connectivity index (χ3n) is 5.37. The van der Waals surface area contributed by atoms with Gasteiger partial charge in [-0.1, -0.05) is 30.3 Å². The van der Waals surface area contributed by atoms with E-state index >= 15 is 0 Å². The molecule has 0 spiro atoms. The number of aromatic nitrogens is 2. The van der Waals surface area contributed by atoms with Crippen LogP contribution in [0.2, 0.25) is 0 Å². The van der Waals surface area contributed by atoms with Crippen LogP contribution in [-0.4, -0.2) is 54.1 Å². The van der Waals surface area contributed by atoms with Crippen molar-refractivity contribution in [3.05, 3.63) is 60.9 Å². The lowest BCUT2D eigenvalue weighted by molar-refractivity contribution is 0.267. The molecule has 3 heterocycles. The monoisotopic (exact) mass is 373 g/mol. The first kappa shape index (κ1) is 17.0. The number of fused-ring (bicyclic) bond motifs is 3. The Labute approximate surface area is 163 Å². The van der Waals surface area contributed by atoms with Gasteiger partial charge in [-0.25, -0.2) is 9.97 Å². The van der Waals surface area contributed by atoms with Crippen LogP contribution in [0.4, 0.5) is 11.5 Å². The van der Waals surface area contributed by atoms with Gasteiger partial charge >= 0.3 is 0 Å². The highest BCUT2D eigenvalue weighted by Crippen LogP contribution is 2.30. The van der Waals surface area contributed by atoms with Crippen LogP contribution in [-0.2, 0) is 0 Å². The van der Waals surface area contributed by atoms with Gasteiger partial charge in [0.2, 0.25) is 0 Å². The number of hydrogen-bond donors (Lipinski definition) is 1. The zero-order chi connectivity index (χ0) is 18.8. The Hall–Kier alpha value is -3.12. The maximum absolute atomic E-state index is 5.98. The molecule has 2 aromatic heterocycles. The normalized spacial score (nSPS) is 15.4. The van der Waals surface area contributed by atoms with Crippen molar-refractivity contribution in [3.8, 4) is 0 Å². The van der Waals surface area contributed by atoms with E-state index in [0.717, 1.165) is 67.2 Å². The molecule has 0 saturated carbocycles. The molecule has 1 aliphatic heterocycles. The van der Waals surface area contributed by atoms with E-state index in [-0.39, 0.29) is 0 Å². The topological polar surface area (TPSA) is 57.4 Å². The Kier molecular flexibility index (Phi) is 4.54. The number of nitrogens with zero attached hydrogens (tertiary/aromatic N) is 4. The number of piperazine rings is 1. The molecule has 0 unspecified atom stereocenters. The van der Waals surface area contributed by atoms with Crippen molar-refractivity contribution in [2.24, 2.45) is 0 Å². The van der Waals surface area contributed by atoms with E-state index in [1.165, 1.54) is 5.69 Å². The van der Waals surface area contributed by atoms with Crippen molar-refractivity contribution in [1.29, 1.82) is 0 Å². The molecule has 0 bridgehead atoms. The largest absolute Gasteiger partial charge is 0.450 e. The van der Waals surface area contributed by atoms with Crippen molar-refractivity contribution in [1.82, 2.24) is 14.9 Å². The maximum atomic E-state index is 5.98. The van der Waals surface area contributed by atoms with E-state index in [9.17, 15) is 0 Å². The summed E-state index contributed by atoms with van der Waals surface area (Å²) < 4.78 is 5.98. The third kappa shape index (κ3) is 3.27. The molecule has 28 heavy (non-hydrogen) atoms. The molecule has 6 heteroatoms. The second-order valence-corrected chi connectivity index (χ2v) is 7.09. The van der Waals surface area contributed by atoms with Crippen LogP contribution in [0.1, 0.15) is 0 Å². The highest BCUT2D eigenvalue weighted by Gasteiger charge is 2.17. The molecular formula is C22H23N5O. The Balaban J connectivity index is 1.20. The summed E-state index contributed by atoms with van der Waals surface area (Å²) in [7, 11) is 0. The molecule has 1 fully saturated rings. The molecule has 0 atom stereocenters. The van der Waals surface area contributed by atoms with Gasteiger partial charge < -0.3 is 14.6 Å². The predicted octanol–water partition coefficient (Wildman–Crippen LogP) is 3.61. The minimum absolute atomic E-state index is 0.734. The SMILES string of the molecule is c1ccc(N2CCN(CCNc3ncnc4c3oc3ccccc34)CC2)cc1. The Bertz CT molecular complexity index is 1070. The molecule has 1 aliphatic rings. The van der Waals surface area contributed by atoms with Crippen molar-refractivity contribution in [2.75, 3.05) is 49.5 Å². The van der Waals surface area contributed by atoms with Crippen molar-refractivity contribution in [2.45, 2.75) is 0 Å². The quantitative estimate of drug-likeness (QED) is 0.577. The molecule has 5 rings (SSSR count). The van der Waals surface area contributed by atoms with Gasteiger partial charge in [0.25, 0.3) is 0 Å². The van der Waals surface area contributed by atoms with Gasteiger partial charge in [0, 0.05) is 50.3 Å². The maximum Gasteiger partial charge on any atom is 0.196 e. The molecule has 0 amide bonds. The molecule has 2 aromatic carbocycles. The zero-order valence-electron chi connectivity index (χ0n) is 15.7. The number of benzene rings is 2. The molecular weight excluding hydrogens is 350 g/mol. The molecule has 142 valence electrons. The van der Waals surface area contributed by atoms with E-state index in [0.29, 0.717) is 0 Å².